The highest BCUT2D eigenvalue weighted by atomic mass is 16.6. The van der Waals surface area contributed by atoms with Gasteiger partial charge in [0.25, 0.3) is 0 Å². The van der Waals surface area contributed by atoms with Crippen LogP contribution in [0.3, 0.4) is 0 Å². The Morgan fingerprint density at radius 1 is 1.04 bits per heavy atom. The van der Waals surface area contributed by atoms with E-state index in [1.54, 1.807) is 32.8 Å². The number of nitrogens with one attached hydrogen (secondary N) is 2. The lowest BCUT2D eigenvalue weighted by molar-refractivity contribution is -0.146. The highest BCUT2D eigenvalue weighted by Crippen LogP contribution is 2.46. The molecule has 3 fully saturated rings. The van der Waals surface area contributed by atoms with Crippen LogP contribution in [0.15, 0.2) is 66.7 Å². The number of alkyl carbamates (subject to hydrolysis) is 1. The molecular weight excluding hydrogens is 686 g/mol. The van der Waals surface area contributed by atoms with Gasteiger partial charge in [-0.05, 0) is 94.3 Å². The van der Waals surface area contributed by atoms with E-state index in [1.165, 1.54) is 0 Å². The van der Waals surface area contributed by atoms with Crippen LogP contribution in [-0.2, 0) is 25.7 Å². The first-order chi connectivity index (χ1) is 25.8. The number of benzene rings is 2. The van der Waals surface area contributed by atoms with Crippen LogP contribution in [0.2, 0.25) is 0 Å². The van der Waals surface area contributed by atoms with Crippen LogP contribution in [0.25, 0.3) is 22.2 Å². The summed E-state index contributed by atoms with van der Waals surface area (Å²) < 4.78 is 10.9. The molecule has 12 heteroatoms. The number of amides is 3. The molecule has 6 atom stereocenters. The second-order valence-electron chi connectivity index (χ2n) is 16.3. The van der Waals surface area contributed by atoms with Crippen molar-refractivity contribution < 1.29 is 33.8 Å². The predicted octanol–water partition coefficient (Wildman–Crippen LogP) is 5.54. The van der Waals surface area contributed by atoms with Gasteiger partial charge in [0, 0.05) is 49.0 Å². The van der Waals surface area contributed by atoms with Crippen molar-refractivity contribution in [2.45, 2.75) is 89.1 Å². The maximum absolute atomic E-state index is 14.5. The molecule has 3 amide bonds. The van der Waals surface area contributed by atoms with Gasteiger partial charge in [0.05, 0.1) is 18.3 Å². The number of carboxylic acids is 1. The molecule has 286 valence electrons. The number of carboxylic acid groups (broad SMARTS) is 1. The van der Waals surface area contributed by atoms with Crippen molar-refractivity contribution in [3.05, 3.63) is 72.3 Å². The van der Waals surface area contributed by atoms with E-state index in [4.69, 9.17) is 14.5 Å². The first kappa shape index (κ1) is 37.3. The normalized spacial score (nSPS) is 28.1. The van der Waals surface area contributed by atoms with E-state index in [0.717, 1.165) is 52.7 Å². The zero-order chi connectivity index (χ0) is 38.2. The number of para-hydroxylation sites is 1. The Hall–Kier alpha value is -4.97. The number of aromatic nitrogens is 1. The number of rotatable bonds is 6. The Bertz CT molecular complexity index is 1940. The van der Waals surface area contributed by atoms with Gasteiger partial charge in [0.2, 0.25) is 11.8 Å². The molecule has 1 aliphatic carbocycles. The van der Waals surface area contributed by atoms with Gasteiger partial charge in [-0.1, -0.05) is 43.2 Å². The monoisotopic (exact) mass is 737 g/mol. The molecule has 4 aliphatic rings. The van der Waals surface area contributed by atoms with Gasteiger partial charge in [-0.25, -0.2) is 14.6 Å². The lowest BCUT2D eigenvalue weighted by atomic mass is 9.93. The molecular formula is C42H51N5O7. The van der Waals surface area contributed by atoms with Crippen molar-refractivity contribution in [1.29, 1.82) is 0 Å². The number of aliphatic carboxylic acids is 1. The van der Waals surface area contributed by atoms with Crippen molar-refractivity contribution in [1.82, 2.24) is 25.4 Å². The Balaban J connectivity index is 1.17. The summed E-state index contributed by atoms with van der Waals surface area (Å²) in [4.78, 5) is 63.5. The van der Waals surface area contributed by atoms with Crippen molar-refractivity contribution in [3.63, 3.8) is 0 Å². The molecule has 0 bridgehead atoms. The highest BCUT2D eigenvalue weighted by molar-refractivity contribution is 5.96. The molecule has 7 rings (SSSR count). The number of hydrogen-bond acceptors (Lipinski definition) is 8. The summed E-state index contributed by atoms with van der Waals surface area (Å²) in [5.74, 6) is -1.68. The van der Waals surface area contributed by atoms with E-state index in [1.807, 2.05) is 54.6 Å². The Kier molecular flexibility index (Phi) is 10.4. The molecule has 1 aromatic heterocycles. The lowest BCUT2D eigenvalue weighted by Crippen LogP contribution is -2.58. The van der Waals surface area contributed by atoms with Gasteiger partial charge in [-0.15, -0.1) is 0 Å². The molecule has 3 aromatic rings. The van der Waals surface area contributed by atoms with Crippen LogP contribution in [0.1, 0.15) is 64.9 Å². The highest BCUT2D eigenvalue weighted by Gasteiger charge is 2.62. The van der Waals surface area contributed by atoms with Gasteiger partial charge in [-0.2, -0.15) is 0 Å². The molecule has 2 saturated heterocycles. The quantitative estimate of drug-likeness (QED) is 0.277. The molecule has 0 unspecified atom stereocenters. The largest absolute Gasteiger partial charge is 0.497 e. The standard InChI is InChI=1S/C42H51N5O7/c1-41(2,3)54-40(52)44-34-15-9-7-5-6-8-12-29-21-42(29,39(50)51)45-37(48)36-32-25-46(23-28(32)24-47(36)38(34)49)22-27-20-35(26-16-18-30(53-4)19-17-26)43-33-14-11-10-13-31(27)33/h8,10-14,16-20,28-29,32,34,36H,5-7,9,15,21-25H2,1-4H3,(H,44,52)(H,45,48)(H,50,51)/b12-8-/t28-,29+,32-,34-,36-,42+/m0/s1. The second kappa shape index (κ2) is 15.0. The number of nitrogens with zero attached hydrogens (tertiary/aromatic N) is 3. The summed E-state index contributed by atoms with van der Waals surface area (Å²) in [5, 5.41) is 17.1. The second-order valence-corrected chi connectivity index (χ2v) is 16.3. The summed E-state index contributed by atoms with van der Waals surface area (Å²) in [6, 6.07) is 16.2. The van der Waals surface area contributed by atoms with Gasteiger partial charge >= 0.3 is 12.1 Å². The van der Waals surface area contributed by atoms with Gasteiger partial charge in [-0.3, -0.25) is 14.5 Å². The van der Waals surface area contributed by atoms with Crippen LogP contribution in [0.4, 0.5) is 4.79 Å². The number of likely N-dealkylation sites (tertiary alicyclic amines) is 1. The minimum absolute atomic E-state index is 0.0319. The van der Waals surface area contributed by atoms with Gasteiger partial charge in [0.15, 0.2) is 0 Å². The molecule has 12 nitrogen and oxygen atoms in total. The number of fused-ring (bicyclic) bond motifs is 5. The van der Waals surface area contributed by atoms with Crippen LogP contribution in [0, 0.1) is 17.8 Å². The summed E-state index contributed by atoms with van der Waals surface area (Å²) in [5.41, 5.74) is 1.65. The SMILES string of the molecule is COc1ccc(-c2cc(CN3C[C@H]4CN5C(=O)[C@@H](NC(=O)OC(C)(C)C)CCCCC/C=C\[C@@H]6C[C@@]6(C(=O)O)NC(=O)[C@@H]5[C@H]4C3)c3ccccc3n2)cc1. The molecule has 0 spiro atoms. The average molecular weight is 738 g/mol. The van der Waals surface area contributed by atoms with Crippen molar-refractivity contribution in [2.24, 2.45) is 17.8 Å². The fraction of sp³-hybridized carbons (Fsp3) is 0.500. The minimum Gasteiger partial charge on any atom is -0.497 e. The topological polar surface area (TPSA) is 150 Å². The fourth-order valence-electron chi connectivity index (χ4n) is 8.57. The predicted molar refractivity (Wildman–Crippen MR) is 203 cm³/mol. The smallest absolute Gasteiger partial charge is 0.408 e. The molecule has 4 heterocycles. The van der Waals surface area contributed by atoms with Crippen LogP contribution >= 0.6 is 0 Å². The van der Waals surface area contributed by atoms with E-state index in [9.17, 15) is 24.3 Å². The summed E-state index contributed by atoms with van der Waals surface area (Å²) >= 11 is 0. The van der Waals surface area contributed by atoms with Crippen molar-refractivity contribution in [2.75, 3.05) is 26.7 Å². The molecule has 3 aliphatic heterocycles. The zero-order valence-electron chi connectivity index (χ0n) is 31.5. The zero-order valence-corrected chi connectivity index (χ0v) is 31.5. The van der Waals surface area contributed by atoms with Gasteiger partial charge in [0.1, 0.15) is 29.0 Å². The molecule has 3 N–H and O–H groups in total. The van der Waals surface area contributed by atoms with Gasteiger partial charge < -0.3 is 30.1 Å². The van der Waals surface area contributed by atoms with E-state index in [0.29, 0.717) is 45.4 Å². The number of hydrogen-bond donors (Lipinski definition) is 3. The van der Waals surface area contributed by atoms with E-state index >= 15 is 0 Å². The molecule has 1 saturated carbocycles. The fourth-order valence-corrected chi connectivity index (χ4v) is 8.57. The van der Waals surface area contributed by atoms with Crippen LogP contribution in [0.5, 0.6) is 5.75 Å². The Morgan fingerprint density at radius 3 is 2.56 bits per heavy atom. The van der Waals surface area contributed by atoms with E-state index in [2.05, 4.69) is 27.7 Å². The van der Waals surface area contributed by atoms with Crippen molar-refractivity contribution >= 4 is 34.8 Å². The number of carbonyl (C=O) groups is 4. The number of pyridine rings is 1. The van der Waals surface area contributed by atoms with Crippen molar-refractivity contribution in [3.8, 4) is 17.0 Å². The summed E-state index contributed by atoms with van der Waals surface area (Å²) in [6.07, 6.45) is 7.11. The molecule has 2 aromatic carbocycles. The first-order valence-corrected chi connectivity index (χ1v) is 19.1. The maximum Gasteiger partial charge on any atom is 0.408 e. The average Bonchev–Trinajstić information content (AvgIpc) is 3.51. The van der Waals surface area contributed by atoms with E-state index in [-0.39, 0.29) is 23.7 Å². The first-order valence-electron chi connectivity index (χ1n) is 19.1. The van der Waals surface area contributed by atoms with Crippen LogP contribution < -0.4 is 15.4 Å². The number of allylic oxidation sites excluding steroid dienone is 1. The molecule has 54 heavy (non-hydrogen) atoms. The lowest BCUT2D eigenvalue weighted by Gasteiger charge is -2.33. The summed E-state index contributed by atoms with van der Waals surface area (Å²) in [6.45, 7) is 7.41. The van der Waals surface area contributed by atoms with E-state index < -0.39 is 41.2 Å². The summed E-state index contributed by atoms with van der Waals surface area (Å²) in [7, 11) is 1.64. The molecule has 0 radical (unpaired) electrons. The third kappa shape index (κ3) is 7.80. The number of ether oxygens (including phenoxy) is 2. The van der Waals surface area contributed by atoms with Crippen LogP contribution in [-0.4, -0.2) is 93.7 Å². The number of methoxy groups -OCH3 is 1. The Labute approximate surface area is 316 Å². The Morgan fingerprint density at radius 2 is 1.81 bits per heavy atom. The third-order valence-electron chi connectivity index (χ3n) is 11.3. The third-order valence-corrected chi connectivity index (χ3v) is 11.3. The maximum atomic E-state index is 14.5. The minimum atomic E-state index is -1.40. The number of carbonyl (C=O) groups excluding carboxylic acids is 3.